The number of nitrogens with zero attached hydrogens (tertiary/aromatic N) is 1. The van der Waals surface area contributed by atoms with Crippen LogP contribution in [0.2, 0.25) is 0 Å². The van der Waals surface area contributed by atoms with Gasteiger partial charge in [-0.05, 0) is 48.9 Å². The molecular weight excluding hydrogens is 220 g/mol. The lowest BCUT2D eigenvalue weighted by Gasteiger charge is -2.06. The minimum atomic E-state index is 0.670. The summed E-state index contributed by atoms with van der Waals surface area (Å²) in [6.45, 7) is 2.00. The van der Waals surface area contributed by atoms with E-state index in [0.717, 1.165) is 11.4 Å². The summed E-state index contributed by atoms with van der Waals surface area (Å²) in [6.07, 6.45) is 4.08. The second kappa shape index (κ2) is 5.70. The minimum absolute atomic E-state index is 0.670. The van der Waals surface area contributed by atoms with E-state index >= 15 is 0 Å². The molecule has 0 amide bonds. The zero-order valence-corrected chi connectivity index (χ0v) is 10.2. The number of hydrogen-bond donors (Lipinski definition) is 1. The number of rotatable bonds is 3. The highest BCUT2D eigenvalue weighted by atomic mass is 14.9. The molecule has 0 spiro atoms. The molecule has 0 fully saturated rings. The first-order valence-corrected chi connectivity index (χ1v) is 5.82. The maximum absolute atomic E-state index is 8.72. The summed E-state index contributed by atoms with van der Waals surface area (Å²) in [5.74, 6) is 0. The molecule has 0 atom stereocenters. The monoisotopic (exact) mass is 234 g/mol. The first-order chi connectivity index (χ1) is 8.81. The van der Waals surface area contributed by atoms with Gasteiger partial charge < -0.3 is 5.32 Å². The third-order valence-electron chi connectivity index (χ3n) is 2.57. The summed E-state index contributed by atoms with van der Waals surface area (Å²) in [6, 6.07) is 17.7. The number of benzene rings is 2. The summed E-state index contributed by atoms with van der Waals surface area (Å²) in [5, 5.41) is 12.0. The first-order valence-electron chi connectivity index (χ1n) is 5.82. The van der Waals surface area contributed by atoms with Crippen LogP contribution in [0.25, 0.3) is 6.08 Å². The van der Waals surface area contributed by atoms with Gasteiger partial charge in [0.1, 0.15) is 0 Å². The number of allylic oxidation sites excluding steroid dienone is 1. The largest absolute Gasteiger partial charge is 0.356 e. The minimum Gasteiger partial charge on any atom is -0.356 e. The van der Waals surface area contributed by atoms with Gasteiger partial charge in [-0.2, -0.15) is 5.26 Å². The Morgan fingerprint density at radius 1 is 0.944 bits per heavy atom. The van der Waals surface area contributed by atoms with Crippen molar-refractivity contribution >= 4 is 17.5 Å². The molecule has 18 heavy (non-hydrogen) atoms. The van der Waals surface area contributed by atoms with Crippen LogP contribution in [-0.2, 0) is 0 Å². The SMILES string of the molecule is C/C=C/c1ccc(Nc2ccc(C#N)cc2)cc1. The summed E-state index contributed by atoms with van der Waals surface area (Å²) >= 11 is 0. The van der Waals surface area contributed by atoms with Crippen LogP contribution in [0.4, 0.5) is 11.4 Å². The predicted octanol–water partition coefficient (Wildman–Crippen LogP) is 4.33. The number of anilines is 2. The highest BCUT2D eigenvalue weighted by Gasteiger charge is 1.95. The molecule has 2 rings (SSSR count). The van der Waals surface area contributed by atoms with Crippen LogP contribution >= 0.6 is 0 Å². The lowest BCUT2D eigenvalue weighted by molar-refractivity contribution is 1.47. The predicted molar refractivity (Wildman–Crippen MR) is 75.6 cm³/mol. The zero-order chi connectivity index (χ0) is 12.8. The maximum Gasteiger partial charge on any atom is 0.0991 e. The third-order valence-corrected chi connectivity index (χ3v) is 2.57. The Labute approximate surface area is 107 Å². The van der Waals surface area contributed by atoms with Crippen LogP contribution in [0.3, 0.4) is 0 Å². The summed E-state index contributed by atoms with van der Waals surface area (Å²) in [5.41, 5.74) is 3.87. The fourth-order valence-corrected chi connectivity index (χ4v) is 1.66. The molecule has 2 aromatic carbocycles. The van der Waals surface area contributed by atoms with Crippen molar-refractivity contribution in [3.05, 3.63) is 65.7 Å². The van der Waals surface area contributed by atoms with Gasteiger partial charge in [-0.1, -0.05) is 24.3 Å². The quantitative estimate of drug-likeness (QED) is 0.857. The first kappa shape index (κ1) is 11.9. The highest BCUT2D eigenvalue weighted by Crippen LogP contribution is 2.18. The van der Waals surface area contributed by atoms with Crippen LogP contribution < -0.4 is 5.32 Å². The van der Waals surface area contributed by atoms with Crippen molar-refractivity contribution in [3.63, 3.8) is 0 Å². The van der Waals surface area contributed by atoms with Crippen LogP contribution in [-0.4, -0.2) is 0 Å². The third kappa shape index (κ3) is 2.99. The Morgan fingerprint density at radius 3 is 2.00 bits per heavy atom. The van der Waals surface area contributed by atoms with E-state index in [-0.39, 0.29) is 0 Å². The van der Waals surface area contributed by atoms with Gasteiger partial charge in [-0.25, -0.2) is 0 Å². The molecule has 0 aliphatic carbocycles. The van der Waals surface area contributed by atoms with Crippen LogP contribution in [0, 0.1) is 11.3 Å². The van der Waals surface area contributed by atoms with Crippen molar-refractivity contribution in [2.24, 2.45) is 0 Å². The molecule has 2 aromatic rings. The van der Waals surface area contributed by atoms with Crippen molar-refractivity contribution in [1.82, 2.24) is 0 Å². The molecular formula is C16H14N2. The van der Waals surface area contributed by atoms with Crippen LogP contribution in [0.15, 0.2) is 54.6 Å². The van der Waals surface area contributed by atoms with E-state index in [1.165, 1.54) is 5.56 Å². The topological polar surface area (TPSA) is 35.8 Å². The van der Waals surface area contributed by atoms with Gasteiger partial charge in [0.05, 0.1) is 11.6 Å². The van der Waals surface area contributed by atoms with Crippen LogP contribution in [0.5, 0.6) is 0 Å². The van der Waals surface area contributed by atoms with Crippen molar-refractivity contribution < 1.29 is 0 Å². The van der Waals surface area contributed by atoms with Crippen LogP contribution in [0.1, 0.15) is 18.1 Å². The average molecular weight is 234 g/mol. The second-order valence-corrected chi connectivity index (χ2v) is 3.94. The maximum atomic E-state index is 8.72. The molecule has 2 nitrogen and oxygen atoms in total. The Balaban J connectivity index is 2.11. The molecule has 2 heteroatoms. The average Bonchev–Trinajstić information content (AvgIpc) is 2.42. The number of hydrogen-bond acceptors (Lipinski definition) is 2. The van der Waals surface area contributed by atoms with E-state index in [1.807, 2.05) is 37.3 Å². The fourth-order valence-electron chi connectivity index (χ4n) is 1.66. The molecule has 1 N–H and O–H groups in total. The van der Waals surface area contributed by atoms with Gasteiger partial charge in [-0.3, -0.25) is 0 Å². The van der Waals surface area contributed by atoms with Gasteiger partial charge in [0.15, 0.2) is 0 Å². The Morgan fingerprint density at radius 2 is 1.50 bits per heavy atom. The van der Waals surface area contributed by atoms with Gasteiger partial charge >= 0.3 is 0 Å². The smallest absolute Gasteiger partial charge is 0.0991 e. The Kier molecular flexibility index (Phi) is 3.78. The molecule has 0 aliphatic rings. The Hall–Kier alpha value is -2.53. The van der Waals surface area contributed by atoms with Crippen molar-refractivity contribution in [3.8, 4) is 6.07 Å². The van der Waals surface area contributed by atoms with E-state index in [2.05, 4.69) is 29.6 Å². The lowest BCUT2D eigenvalue weighted by atomic mass is 10.2. The molecule has 88 valence electrons. The van der Waals surface area contributed by atoms with Gasteiger partial charge in [-0.15, -0.1) is 0 Å². The summed E-state index contributed by atoms with van der Waals surface area (Å²) in [4.78, 5) is 0. The van der Waals surface area contributed by atoms with E-state index < -0.39 is 0 Å². The van der Waals surface area contributed by atoms with Crippen molar-refractivity contribution in [1.29, 1.82) is 5.26 Å². The van der Waals surface area contributed by atoms with E-state index in [0.29, 0.717) is 5.56 Å². The molecule has 0 unspecified atom stereocenters. The van der Waals surface area contributed by atoms with Gasteiger partial charge in [0.25, 0.3) is 0 Å². The van der Waals surface area contributed by atoms with Crippen molar-refractivity contribution in [2.45, 2.75) is 6.92 Å². The number of nitriles is 1. The van der Waals surface area contributed by atoms with E-state index in [1.54, 1.807) is 12.1 Å². The standard InChI is InChI=1S/C16H14N2/c1-2-3-13-4-8-15(9-5-13)18-16-10-6-14(12-17)7-11-16/h2-11,18H,1H3/b3-2+. The molecule has 0 bridgehead atoms. The summed E-state index contributed by atoms with van der Waals surface area (Å²) < 4.78 is 0. The normalized spacial score (nSPS) is 10.2. The molecule has 0 radical (unpaired) electrons. The zero-order valence-electron chi connectivity index (χ0n) is 10.2. The number of nitrogens with one attached hydrogen (secondary N) is 1. The van der Waals surface area contributed by atoms with Gasteiger partial charge in [0, 0.05) is 11.4 Å². The van der Waals surface area contributed by atoms with E-state index in [4.69, 9.17) is 5.26 Å². The Bertz CT molecular complexity index is 572. The molecule has 0 aromatic heterocycles. The van der Waals surface area contributed by atoms with Crippen molar-refractivity contribution in [2.75, 3.05) is 5.32 Å². The van der Waals surface area contributed by atoms with Gasteiger partial charge in [0.2, 0.25) is 0 Å². The van der Waals surface area contributed by atoms with E-state index in [9.17, 15) is 0 Å². The molecule has 0 heterocycles. The second-order valence-electron chi connectivity index (χ2n) is 3.94. The molecule has 0 saturated carbocycles. The fraction of sp³-hybridized carbons (Fsp3) is 0.0625. The molecule has 0 saturated heterocycles. The summed E-state index contributed by atoms with van der Waals surface area (Å²) in [7, 11) is 0. The highest BCUT2D eigenvalue weighted by molar-refractivity contribution is 5.62. The molecule has 0 aliphatic heterocycles. The lowest BCUT2D eigenvalue weighted by Crippen LogP contribution is -1.89.